The average Bonchev–Trinajstić information content (AvgIpc) is 2.49. The quantitative estimate of drug-likeness (QED) is 0.528. The second-order valence-electron chi connectivity index (χ2n) is 3.83. The minimum absolute atomic E-state index is 0.0664. The number of nitrogens with zero attached hydrogens (tertiary/aromatic N) is 1. The van der Waals surface area contributed by atoms with E-state index < -0.39 is 22.0 Å². The average molecular weight is 310 g/mol. The van der Waals surface area contributed by atoms with E-state index in [9.17, 15) is 12.8 Å². The normalized spacial score (nSPS) is 12.0. The van der Waals surface area contributed by atoms with Gasteiger partial charge in [0.25, 0.3) is 0 Å². The van der Waals surface area contributed by atoms with E-state index in [4.69, 9.17) is 10.5 Å². The third kappa shape index (κ3) is 4.18. The van der Waals surface area contributed by atoms with Crippen LogP contribution in [0.4, 0.5) is 4.39 Å². The van der Waals surface area contributed by atoms with Crippen LogP contribution >= 0.6 is 0 Å². The Morgan fingerprint density at radius 2 is 1.67 bits per heavy atom. The molecule has 0 aliphatic carbocycles. The zero-order chi connectivity index (χ0) is 15.3. The van der Waals surface area contributed by atoms with Gasteiger partial charge in [0.05, 0.1) is 0 Å². The molecule has 0 unspecified atom stereocenters. The summed E-state index contributed by atoms with van der Waals surface area (Å²) < 4.78 is 45.6. The zero-order valence-electron chi connectivity index (χ0n) is 10.6. The first-order valence-corrected chi connectivity index (χ1v) is 7.14. The number of amidine groups is 1. The highest BCUT2D eigenvalue weighted by molar-refractivity contribution is 7.86. The topological polar surface area (TPSA) is 91.0 Å². The summed E-state index contributed by atoms with van der Waals surface area (Å²) in [7, 11) is -4.06. The fourth-order valence-corrected chi connectivity index (χ4v) is 2.11. The van der Waals surface area contributed by atoms with E-state index in [-0.39, 0.29) is 10.6 Å². The maximum absolute atomic E-state index is 12.7. The molecule has 0 aliphatic rings. The highest BCUT2D eigenvalue weighted by Crippen LogP contribution is 2.13. The standard InChI is InChI=1S/C13H11FN2O4S/c14-10-6-8-11(9-7-10)19-13(15)16-20-21(17,18)12-4-2-1-3-5-12/h1-9H,(H2,15,16). The van der Waals surface area contributed by atoms with Crippen LogP contribution in [0.1, 0.15) is 0 Å². The number of halogens is 1. The predicted molar refractivity (Wildman–Crippen MR) is 73.4 cm³/mol. The second kappa shape index (κ2) is 6.23. The number of oxime groups is 1. The first kappa shape index (κ1) is 14.8. The number of nitrogens with two attached hydrogens (primary N) is 1. The first-order valence-electron chi connectivity index (χ1n) is 5.73. The molecule has 0 fully saturated rings. The van der Waals surface area contributed by atoms with Gasteiger partial charge in [-0.15, -0.1) is 0 Å². The molecular weight excluding hydrogens is 299 g/mol. The van der Waals surface area contributed by atoms with Crippen molar-refractivity contribution in [3.8, 4) is 5.75 Å². The zero-order valence-corrected chi connectivity index (χ0v) is 11.5. The monoisotopic (exact) mass is 310 g/mol. The second-order valence-corrected chi connectivity index (χ2v) is 5.36. The van der Waals surface area contributed by atoms with Crippen LogP contribution in [0.2, 0.25) is 0 Å². The largest absolute Gasteiger partial charge is 0.424 e. The van der Waals surface area contributed by atoms with Crippen LogP contribution in [-0.4, -0.2) is 14.4 Å². The summed E-state index contributed by atoms with van der Waals surface area (Å²) in [6.45, 7) is 0. The molecule has 0 saturated heterocycles. The number of ether oxygens (including phenoxy) is 1. The number of hydrogen-bond donors (Lipinski definition) is 1. The van der Waals surface area contributed by atoms with Gasteiger partial charge in [-0.05, 0) is 41.6 Å². The third-order valence-electron chi connectivity index (χ3n) is 2.29. The van der Waals surface area contributed by atoms with Crippen LogP contribution in [0.5, 0.6) is 5.75 Å². The highest BCUT2D eigenvalue weighted by atomic mass is 32.2. The lowest BCUT2D eigenvalue weighted by molar-refractivity contribution is 0.323. The van der Waals surface area contributed by atoms with Crippen LogP contribution in [0.3, 0.4) is 0 Å². The van der Waals surface area contributed by atoms with E-state index in [0.717, 1.165) is 12.1 Å². The molecule has 2 aromatic carbocycles. The molecule has 0 aliphatic heterocycles. The van der Waals surface area contributed by atoms with Gasteiger partial charge in [0.1, 0.15) is 16.5 Å². The van der Waals surface area contributed by atoms with E-state index in [1.54, 1.807) is 18.2 Å². The van der Waals surface area contributed by atoms with Gasteiger partial charge in [-0.2, -0.15) is 8.42 Å². The first-order chi connectivity index (χ1) is 9.97. The van der Waals surface area contributed by atoms with Crippen LogP contribution in [0.25, 0.3) is 0 Å². The van der Waals surface area contributed by atoms with Crippen molar-refractivity contribution >= 4 is 16.1 Å². The van der Waals surface area contributed by atoms with Crippen LogP contribution in [0.15, 0.2) is 64.6 Å². The lowest BCUT2D eigenvalue weighted by Gasteiger charge is -2.04. The molecule has 0 radical (unpaired) electrons. The van der Waals surface area contributed by atoms with Crippen molar-refractivity contribution in [2.75, 3.05) is 0 Å². The molecule has 0 heterocycles. The summed E-state index contributed by atoms with van der Waals surface area (Å²) in [6, 6.07) is 11.8. The molecule has 0 spiro atoms. The minimum Gasteiger partial charge on any atom is -0.424 e. The molecule has 0 bridgehead atoms. The molecule has 0 saturated carbocycles. The van der Waals surface area contributed by atoms with E-state index >= 15 is 0 Å². The van der Waals surface area contributed by atoms with Gasteiger partial charge in [-0.3, -0.25) is 4.28 Å². The molecule has 2 N–H and O–H groups in total. The van der Waals surface area contributed by atoms with Crippen molar-refractivity contribution in [2.45, 2.75) is 4.90 Å². The molecule has 0 atom stereocenters. The number of rotatable bonds is 4. The van der Waals surface area contributed by atoms with Crippen molar-refractivity contribution < 1.29 is 21.8 Å². The fraction of sp³-hybridized carbons (Fsp3) is 0. The van der Waals surface area contributed by atoms with Crippen LogP contribution in [0, 0.1) is 5.82 Å². The van der Waals surface area contributed by atoms with E-state index in [1.165, 1.54) is 24.3 Å². The maximum atomic E-state index is 12.7. The Kier molecular flexibility index (Phi) is 4.39. The minimum atomic E-state index is -4.06. The SMILES string of the molecule is N/C(=N/OS(=O)(=O)c1ccccc1)Oc1ccc(F)cc1. The lowest BCUT2D eigenvalue weighted by atomic mass is 10.3. The fourth-order valence-electron chi connectivity index (χ4n) is 1.36. The molecule has 0 aromatic heterocycles. The third-order valence-corrected chi connectivity index (χ3v) is 3.41. The highest BCUT2D eigenvalue weighted by Gasteiger charge is 2.15. The molecular formula is C13H11FN2O4S. The maximum Gasteiger partial charge on any atom is 0.358 e. The Labute approximate surface area is 120 Å². The lowest BCUT2D eigenvalue weighted by Crippen LogP contribution is -2.21. The van der Waals surface area contributed by atoms with Crippen molar-refractivity contribution in [3.63, 3.8) is 0 Å². The van der Waals surface area contributed by atoms with Crippen molar-refractivity contribution in [2.24, 2.45) is 10.9 Å². The molecule has 8 heteroatoms. The Hall–Kier alpha value is -2.61. The summed E-state index contributed by atoms with van der Waals surface area (Å²) in [5, 5.41) is 3.18. The predicted octanol–water partition coefficient (Wildman–Crippen LogP) is 1.84. The summed E-state index contributed by atoms with van der Waals surface area (Å²) >= 11 is 0. The molecule has 2 rings (SSSR count). The Bertz CT molecular complexity index is 731. The summed E-state index contributed by atoms with van der Waals surface area (Å²) in [6.07, 6.45) is 0. The molecule has 0 amide bonds. The van der Waals surface area contributed by atoms with E-state index in [1.807, 2.05) is 0 Å². The van der Waals surface area contributed by atoms with Gasteiger partial charge in [-0.25, -0.2) is 4.39 Å². The van der Waals surface area contributed by atoms with Gasteiger partial charge >= 0.3 is 16.1 Å². The van der Waals surface area contributed by atoms with E-state index in [0.29, 0.717) is 0 Å². The van der Waals surface area contributed by atoms with Gasteiger partial charge in [0.2, 0.25) is 0 Å². The van der Waals surface area contributed by atoms with Gasteiger partial charge < -0.3 is 10.5 Å². The van der Waals surface area contributed by atoms with Gasteiger partial charge in [0, 0.05) is 0 Å². The number of benzene rings is 2. The van der Waals surface area contributed by atoms with E-state index in [2.05, 4.69) is 9.44 Å². The smallest absolute Gasteiger partial charge is 0.358 e. The summed E-state index contributed by atoms with van der Waals surface area (Å²) in [5.41, 5.74) is 5.37. The Morgan fingerprint density at radius 1 is 1.05 bits per heavy atom. The van der Waals surface area contributed by atoms with Crippen LogP contribution in [-0.2, 0) is 14.4 Å². The Balaban J connectivity index is 2.05. The molecule has 21 heavy (non-hydrogen) atoms. The van der Waals surface area contributed by atoms with Crippen molar-refractivity contribution in [3.05, 3.63) is 60.4 Å². The molecule has 2 aromatic rings. The molecule has 110 valence electrons. The summed E-state index contributed by atoms with van der Waals surface area (Å²) in [5.74, 6) is -0.251. The Morgan fingerprint density at radius 3 is 2.29 bits per heavy atom. The van der Waals surface area contributed by atoms with Gasteiger partial charge in [-0.1, -0.05) is 18.2 Å². The summed E-state index contributed by atoms with van der Waals surface area (Å²) in [4.78, 5) is -0.0664. The van der Waals surface area contributed by atoms with Gasteiger partial charge in [0.15, 0.2) is 0 Å². The number of hydrogen-bond acceptors (Lipinski definition) is 5. The van der Waals surface area contributed by atoms with Crippen molar-refractivity contribution in [1.29, 1.82) is 0 Å². The molecule has 6 nitrogen and oxygen atoms in total. The van der Waals surface area contributed by atoms with Crippen LogP contribution < -0.4 is 10.5 Å². The van der Waals surface area contributed by atoms with Crippen molar-refractivity contribution in [1.82, 2.24) is 0 Å².